The first kappa shape index (κ1) is 13.7. The van der Waals surface area contributed by atoms with E-state index < -0.39 is 0 Å². The quantitative estimate of drug-likeness (QED) is 0.934. The molecule has 110 valence electrons. The van der Waals surface area contributed by atoms with Crippen LogP contribution in [0.25, 0.3) is 0 Å². The van der Waals surface area contributed by atoms with Gasteiger partial charge in [0.05, 0.1) is 0 Å². The summed E-state index contributed by atoms with van der Waals surface area (Å²) in [6.07, 6.45) is 3.75. The average molecular weight is 284 g/mol. The van der Waals surface area contributed by atoms with Crippen LogP contribution in [0.5, 0.6) is 0 Å². The molecule has 0 spiro atoms. The third kappa shape index (κ3) is 3.24. The highest BCUT2D eigenvalue weighted by Gasteiger charge is 2.28. The van der Waals surface area contributed by atoms with Crippen LogP contribution in [0.1, 0.15) is 18.4 Å². The molecule has 5 heteroatoms. The molecule has 2 aromatic rings. The summed E-state index contributed by atoms with van der Waals surface area (Å²) in [4.78, 5) is 14.5. The van der Waals surface area contributed by atoms with Crippen molar-refractivity contribution in [3.05, 3.63) is 48.2 Å². The number of nitrogens with zero attached hydrogens (tertiary/aromatic N) is 3. The fourth-order valence-corrected chi connectivity index (χ4v) is 2.71. The van der Waals surface area contributed by atoms with E-state index in [1.54, 1.807) is 4.68 Å². The van der Waals surface area contributed by atoms with Crippen LogP contribution in [-0.4, -0.2) is 33.2 Å². The van der Waals surface area contributed by atoms with Crippen molar-refractivity contribution in [2.24, 2.45) is 7.05 Å². The standard InChI is InChI=1S/C16H20N4O/c1-19-11-9-15(18-19)17-14-8-5-10-20(16(14)21)12-13-6-3-2-4-7-13/h2-4,6-7,9,11,14H,5,8,10,12H2,1H3,(H,17,18). The number of carbonyl (C=O) groups excluding carboxylic acids is 1. The minimum Gasteiger partial charge on any atom is -0.357 e. The van der Waals surface area contributed by atoms with Gasteiger partial charge in [-0.05, 0) is 18.4 Å². The normalized spacial score (nSPS) is 18.8. The average Bonchev–Trinajstić information content (AvgIpc) is 2.90. The van der Waals surface area contributed by atoms with Gasteiger partial charge in [-0.2, -0.15) is 5.10 Å². The van der Waals surface area contributed by atoms with Crippen molar-refractivity contribution < 1.29 is 4.79 Å². The number of rotatable bonds is 4. The lowest BCUT2D eigenvalue weighted by Gasteiger charge is -2.32. The molecule has 5 nitrogen and oxygen atoms in total. The van der Waals surface area contributed by atoms with E-state index in [1.807, 2.05) is 42.4 Å². The van der Waals surface area contributed by atoms with E-state index in [-0.39, 0.29) is 11.9 Å². The molecule has 0 aliphatic carbocycles. The molecule has 2 heterocycles. The Kier molecular flexibility index (Phi) is 3.90. The minimum atomic E-state index is -0.169. The van der Waals surface area contributed by atoms with E-state index in [0.717, 1.165) is 25.2 Å². The Labute approximate surface area is 124 Å². The molecule has 0 bridgehead atoms. The summed E-state index contributed by atoms with van der Waals surface area (Å²) in [5.41, 5.74) is 1.17. The summed E-state index contributed by atoms with van der Waals surface area (Å²) in [6.45, 7) is 1.51. The number of piperidine rings is 1. The highest BCUT2D eigenvalue weighted by Crippen LogP contribution is 2.18. The number of hydrogen-bond donors (Lipinski definition) is 1. The Morgan fingerprint density at radius 2 is 2.10 bits per heavy atom. The molecule has 1 aliphatic rings. The first-order valence-electron chi connectivity index (χ1n) is 7.31. The van der Waals surface area contributed by atoms with Crippen LogP contribution in [0.4, 0.5) is 5.82 Å². The highest BCUT2D eigenvalue weighted by molar-refractivity contribution is 5.85. The molecule has 1 atom stereocenters. The van der Waals surface area contributed by atoms with Crippen molar-refractivity contribution >= 4 is 11.7 Å². The van der Waals surface area contributed by atoms with E-state index in [4.69, 9.17) is 0 Å². The number of amides is 1. The lowest BCUT2D eigenvalue weighted by atomic mass is 10.0. The molecule has 1 N–H and O–H groups in total. The zero-order valence-electron chi connectivity index (χ0n) is 12.2. The summed E-state index contributed by atoms with van der Waals surface area (Å²) in [5.74, 6) is 0.924. The molecule has 1 amide bonds. The minimum absolute atomic E-state index is 0.163. The number of carbonyl (C=O) groups is 1. The van der Waals surface area contributed by atoms with Gasteiger partial charge in [0.25, 0.3) is 0 Å². The second kappa shape index (κ2) is 5.99. The molecule has 3 rings (SSSR count). The Hall–Kier alpha value is -2.30. The number of likely N-dealkylation sites (tertiary alicyclic amines) is 1. The third-order valence-corrected chi connectivity index (χ3v) is 3.78. The Morgan fingerprint density at radius 1 is 1.29 bits per heavy atom. The van der Waals surface area contributed by atoms with Crippen molar-refractivity contribution in [3.8, 4) is 0 Å². The van der Waals surface area contributed by atoms with Gasteiger partial charge < -0.3 is 10.2 Å². The summed E-state index contributed by atoms with van der Waals surface area (Å²) in [5, 5.41) is 7.53. The van der Waals surface area contributed by atoms with Gasteiger partial charge in [-0.1, -0.05) is 30.3 Å². The van der Waals surface area contributed by atoms with Gasteiger partial charge in [-0.15, -0.1) is 0 Å². The van der Waals surface area contributed by atoms with Gasteiger partial charge in [0.1, 0.15) is 11.9 Å². The molecular formula is C16H20N4O. The smallest absolute Gasteiger partial charge is 0.245 e. The third-order valence-electron chi connectivity index (χ3n) is 3.78. The largest absolute Gasteiger partial charge is 0.357 e. The van der Waals surface area contributed by atoms with Gasteiger partial charge in [-0.25, -0.2) is 0 Å². The maximum Gasteiger partial charge on any atom is 0.245 e. The zero-order valence-corrected chi connectivity index (χ0v) is 12.2. The van der Waals surface area contributed by atoms with Crippen molar-refractivity contribution in [1.82, 2.24) is 14.7 Å². The highest BCUT2D eigenvalue weighted by atomic mass is 16.2. The zero-order chi connectivity index (χ0) is 14.7. The fourth-order valence-electron chi connectivity index (χ4n) is 2.71. The number of aryl methyl sites for hydroxylation is 1. The lowest BCUT2D eigenvalue weighted by Crippen LogP contribution is -2.47. The Bertz CT molecular complexity index is 608. The van der Waals surface area contributed by atoms with E-state index >= 15 is 0 Å². The predicted molar refractivity (Wildman–Crippen MR) is 81.7 cm³/mol. The molecule has 0 saturated carbocycles. The summed E-state index contributed by atoms with van der Waals surface area (Å²) >= 11 is 0. The van der Waals surface area contributed by atoms with E-state index in [9.17, 15) is 4.79 Å². The summed E-state index contributed by atoms with van der Waals surface area (Å²) < 4.78 is 1.73. The van der Waals surface area contributed by atoms with Crippen LogP contribution < -0.4 is 5.32 Å². The van der Waals surface area contributed by atoms with Crippen LogP contribution in [-0.2, 0) is 18.4 Å². The van der Waals surface area contributed by atoms with Crippen molar-refractivity contribution in [3.63, 3.8) is 0 Å². The number of benzene rings is 1. The first-order valence-corrected chi connectivity index (χ1v) is 7.31. The van der Waals surface area contributed by atoms with Gasteiger partial charge in [0.2, 0.25) is 5.91 Å². The predicted octanol–water partition coefficient (Wildman–Crippen LogP) is 2.02. The second-order valence-corrected chi connectivity index (χ2v) is 5.46. The van der Waals surface area contributed by atoms with E-state index in [1.165, 1.54) is 5.56 Å². The number of hydrogen-bond acceptors (Lipinski definition) is 3. The van der Waals surface area contributed by atoms with Crippen molar-refractivity contribution in [2.45, 2.75) is 25.4 Å². The van der Waals surface area contributed by atoms with Crippen molar-refractivity contribution in [1.29, 1.82) is 0 Å². The molecule has 0 radical (unpaired) electrons. The van der Waals surface area contributed by atoms with E-state index in [0.29, 0.717) is 6.54 Å². The van der Waals surface area contributed by atoms with E-state index in [2.05, 4.69) is 22.5 Å². The number of nitrogens with one attached hydrogen (secondary N) is 1. The fraction of sp³-hybridized carbons (Fsp3) is 0.375. The number of anilines is 1. The van der Waals surface area contributed by atoms with Crippen molar-refractivity contribution in [2.75, 3.05) is 11.9 Å². The second-order valence-electron chi connectivity index (χ2n) is 5.46. The molecular weight excluding hydrogens is 264 g/mol. The van der Waals surface area contributed by atoms with Crippen LogP contribution in [0.3, 0.4) is 0 Å². The molecule has 21 heavy (non-hydrogen) atoms. The lowest BCUT2D eigenvalue weighted by molar-refractivity contribution is -0.134. The molecule has 1 unspecified atom stereocenters. The van der Waals surface area contributed by atoms with Gasteiger partial charge in [0, 0.05) is 32.4 Å². The maximum absolute atomic E-state index is 12.6. The molecule has 1 aromatic heterocycles. The molecule has 1 aliphatic heterocycles. The van der Waals surface area contributed by atoms with Crippen LogP contribution in [0, 0.1) is 0 Å². The van der Waals surface area contributed by atoms with Crippen LogP contribution >= 0.6 is 0 Å². The maximum atomic E-state index is 12.6. The summed E-state index contributed by atoms with van der Waals surface area (Å²) in [6, 6.07) is 11.8. The summed E-state index contributed by atoms with van der Waals surface area (Å²) in [7, 11) is 1.87. The van der Waals surface area contributed by atoms with Crippen LogP contribution in [0.2, 0.25) is 0 Å². The Morgan fingerprint density at radius 3 is 2.81 bits per heavy atom. The SMILES string of the molecule is Cn1ccc(NC2CCCN(Cc3ccccc3)C2=O)n1. The van der Waals surface area contributed by atoms with Gasteiger partial charge >= 0.3 is 0 Å². The van der Waals surface area contributed by atoms with Gasteiger partial charge in [0.15, 0.2) is 0 Å². The van der Waals surface area contributed by atoms with Crippen LogP contribution in [0.15, 0.2) is 42.6 Å². The van der Waals surface area contributed by atoms with Gasteiger partial charge in [-0.3, -0.25) is 9.48 Å². The molecule has 1 saturated heterocycles. The number of aromatic nitrogens is 2. The monoisotopic (exact) mass is 284 g/mol. The Balaban J connectivity index is 1.66. The molecule has 1 aromatic carbocycles. The molecule has 1 fully saturated rings. The topological polar surface area (TPSA) is 50.2 Å². The first-order chi connectivity index (χ1) is 10.2.